The maximum Gasteiger partial charge on any atom is 0.264 e. The standard InChI is InChI=1S/C28H25Cl2FN4O3S/c1-18-4-10-27(11-5-18)39(37,38)34(25-8-6-24(31)7-9-25)17-28(36)33-32-16-21-12-19(2)35(20(21)3)26-14-22(29)13-23(30)15-26/h4-16H,17H2,1-3H3,(H,33,36)/b32-16-. The number of benzene rings is 3. The number of sulfonamides is 1. The Morgan fingerprint density at radius 2 is 1.59 bits per heavy atom. The molecule has 0 unspecified atom stereocenters. The largest absolute Gasteiger partial charge is 0.318 e. The van der Waals surface area contributed by atoms with Crippen molar-refractivity contribution in [2.75, 3.05) is 10.8 Å². The minimum absolute atomic E-state index is 0.00212. The monoisotopic (exact) mass is 586 g/mol. The Hall–Kier alpha value is -3.66. The summed E-state index contributed by atoms with van der Waals surface area (Å²) in [7, 11) is -4.13. The van der Waals surface area contributed by atoms with Gasteiger partial charge in [-0.1, -0.05) is 40.9 Å². The first-order chi connectivity index (χ1) is 18.5. The van der Waals surface area contributed by atoms with Crippen molar-refractivity contribution in [3.63, 3.8) is 0 Å². The summed E-state index contributed by atoms with van der Waals surface area (Å²) in [6.07, 6.45) is 1.47. The summed E-state index contributed by atoms with van der Waals surface area (Å²) in [5.41, 5.74) is 6.64. The molecule has 0 radical (unpaired) electrons. The first kappa shape index (κ1) is 28.4. The van der Waals surface area contributed by atoms with Gasteiger partial charge in [-0.2, -0.15) is 5.10 Å². The second-order valence-corrected chi connectivity index (χ2v) is 11.6. The van der Waals surface area contributed by atoms with Crippen LogP contribution in [-0.4, -0.2) is 31.7 Å². The number of aromatic nitrogens is 1. The number of hydrogen-bond donors (Lipinski definition) is 1. The van der Waals surface area contributed by atoms with E-state index < -0.39 is 28.3 Å². The molecule has 39 heavy (non-hydrogen) atoms. The number of carbonyl (C=O) groups excluding carboxylic acids is 1. The number of hydrazone groups is 1. The van der Waals surface area contributed by atoms with Gasteiger partial charge in [-0.3, -0.25) is 9.10 Å². The van der Waals surface area contributed by atoms with Crippen molar-refractivity contribution in [3.8, 4) is 5.69 Å². The molecule has 0 spiro atoms. The number of anilines is 1. The first-order valence-electron chi connectivity index (χ1n) is 11.8. The summed E-state index contributed by atoms with van der Waals surface area (Å²) in [5.74, 6) is -1.21. The number of amides is 1. The van der Waals surface area contributed by atoms with Crippen LogP contribution in [0.2, 0.25) is 10.0 Å². The molecule has 1 amide bonds. The predicted molar refractivity (Wildman–Crippen MR) is 153 cm³/mol. The van der Waals surface area contributed by atoms with E-state index in [4.69, 9.17) is 23.2 Å². The molecular formula is C28H25Cl2FN4O3S. The number of aryl methyl sites for hydroxylation is 2. The van der Waals surface area contributed by atoms with Gasteiger partial charge >= 0.3 is 0 Å². The number of hydrogen-bond acceptors (Lipinski definition) is 4. The zero-order chi connectivity index (χ0) is 28.3. The fourth-order valence-electron chi connectivity index (χ4n) is 4.08. The van der Waals surface area contributed by atoms with Crippen LogP contribution in [-0.2, 0) is 14.8 Å². The second-order valence-electron chi connectivity index (χ2n) is 8.88. The number of rotatable bonds is 8. The molecule has 1 heterocycles. The van der Waals surface area contributed by atoms with Crippen molar-refractivity contribution in [2.45, 2.75) is 25.7 Å². The lowest BCUT2D eigenvalue weighted by Gasteiger charge is -2.23. The van der Waals surface area contributed by atoms with Gasteiger partial charge in [0.25, 0.3) is 15.9 Å². The van der Waals surface area contributed by atoms with Crippen molar-refractivity contribution in [2.24, 2.45) is 5.10 Å². The Morgan fingerprint density at radius 3 is 2.21 bits per heavy atom. The van der Waals surface area contributed by atoms with Crippen molar-refractivity contribution in [1.82, 2.24) is 9.99 Å². The van der Waals surface area contributed by atoms with Gasteiger partial charge in [0.2, 0.25) is 0 Å². The molecule has 4 rings (SSSR count). The summed E-state index contributed by atoms with van der Waals surface area (Å²) in [4.78, 5) is 12.8. The molecule has 0 fully saturated rings. The Labute approximate surface area is 236 Å². The maximum absolute atomic E-state index is 13.5. The molecule has 0 aliphatic rings. The molecule has 0 aliphatic heterocycles. The lowest BCUT2D eigenvalue weighted by atomic mass is 10.2. The van der Waals surface area contributed by atoms with Crippen molar-refractivity contribution < 1.29 is 17.6 Å². The number of nitrogens with one attached hydrogen (secondary N) is 1. The fourth-order valence-corrected chi connectivity index (χ4v) is 6.02. The highest BCUT2D eigenvalue weighted by Gasteiger charge is 2.27. The van der Waals surface area contributed by atoms with Crippen LogP contribution in [0.25, 0.3) is 5.69 Å². The normalized spacial score (nSPS) is 11.6. The van der Waals surface area contributed by atoms with E-state index in [9.17, 15) is 17.6 Å². The van der Waals surface area contributed by atoms with E-state index >= 15 is 0 Å². The zero-order valence-electron chi connectivity index (χ0n) is 21.3. The third-order valence-electron chi connectivity index (χ3n) is 5.98. The van der Waals surface area contributed by atoms with Gasteiger partial charge in [-0.15, -0.1) is 0 Å². The van der Waals surface area contributed by atoms with Crippen LogP contribution < -0.4 is 9.73 Å². The van der Waals surface area contributed by atoms with E-state index in [2.05, 4.69) is 10.5 Å². The summed E-state index contributed by atoms with van der Waals surface area (Å²) in [6.45, 7) is 5.06. The second kappa shape index (κ2) is 11.6. The smallest absolute Gasteiger partial charge is 0.264 e. The Morgan fingerprint density at radius 1 is 0.974 bits per heavy atom. The molecule has 0 atom stereocenters. The van der Waals surface area contributed by atoms with Crippen molar-refractivity contribution in [3.05, 3.63) is 111 Å². The van der Waals surface area contributed by atoms with Crippen LogP contribution in [0.4, 0.5) is 10.1 Å². The van der Waals surface area contributed by atoms with E-state index in [1.54, 1.807) is 30.3 Å². The lowest BCUT2D eigenvalue weighted by molar-refractivity contribution is -0.119. The highest BCUT2D eigenvalue weighted by atomic mass is 35.5. The third kappa shape index (κ3) is 6.50. The van der Waals surface area contributed by atoms with Crippen LogP contribution in [0.5, 0.6) is 0 Å². The fraction of sp³-hybridized carbons (Fsp3) is 0.143. The molecule has 0 bridgehead atoms. The van der Waals surface area contributed by atoms with E-state index in [0.29, 0.717) is 10.0 Å². The molecule has 1 aromatic heterocycles. The molecule has 7 nitrogen and oxygen atoms in total. The average Bonchev–Trinajstić information content (AvgIpc) is 3.15. The molecule has 0 saturated carbocycles. The number of halogens is 3. The Kier molecular flexibility index (Phi) is 8.44. The first-order valence-corrected chi connectivity index (χ1v) is 14.0. The highest BCUT2D eigenvalue weighted by molar-refractivity contribution is 7.92. The van der Waals surface area contributed by atoms with Gasteiger partial charge in [0.1, 0.15) is 12.4 Å². The van der Waals surface area contributed by atoms with Crippen molar-refractivity contribution >= 4 is 51.0 Å². The molecule has 11 heteroatoms. The zero-order valence-corrected chi connectivity index (χ0v) is 23.6. The van der Waals surface area contributed by atoms with Gasteiger partial charge in [0.05, 0.1) is 16.8 Å². The van der Waals surface area contributed by atoms with Gasteiger partial charge in [-0.25, -0.2) is 18.2 Å². The molecular weight excluding hydrogens is 562 g/mol. The van der Waals surface area contributed by atoms with E-state index in [1.165, 1.54) is 30.5 Å². The van der Waals surface area contributed by atoms with Gasteiger partial charge in [-0.05, 0) is 81.4 Å². The minimum Gasteiger partial charge on any atom is -0.318 e. The van der Waals surface area contributed by atoms with Gasteiger partial charge in [0, 0.05) is 32.7 Å². The Bertz CT molecular complexity index is 1630. The quantitative estimate of drug-likeness (QED) is 0.197. The topological polar surface area (TPSA) is 83.8 Å². The summed E-state index contributed by atoms with van der Waals surface area (Å²) < 4.78 is 43.2. The molecule has 0 saturated heterocycles. The minimum atomic E-state index is -4.13. The lowest BCUT2D eigenvalue weighted by Crippen LogP contribution is -2.39. The van der Waals surface area contributed by atoms with E-state index in [0.717, 1.165) is 44.6 Å². The predicted octanol–water partition coefficient (Wildman–Crippen LogP) is 6.19. The number of carbonyl (C=O) groups is 1. The van der Waals surface area contributed by atoms with Crippen LogP contribution >= 0.6 is 23.2 Å². The molecule has 3 aromatic carbocycles. The molecule has 202 valence electrons. The van der Waals surface area contributed by atoms with Crippen LogP contribution in [0.1, 0.15) is 22.5 Å². The van der Waals surface area contributed by atoms with E-state index in [1.807, 2.05) is 31.4 Å². The van der Waals surface area contributed by atoms with Crippen LogP contribution in [0, 0.1) is 26.6 Å². The van der Waals surface area contributed by atoms with Gasteiger partial charge in [0.15, 0.2) is 0 Å². The van der Waals surface area contributed by atoms with Crippen LogP contribution in [0.3, 0.4) is 0 Å². The van der Waals surface area contributed by atoms with E-state index in [-0.39, 0.29) is 10.6 Å². The highest BCUT2D eigenvalue weighted by Crippen LogP contribution is 2.26. The molecule has 0 aliphatic carbocycles. The summed E-state index contributed by atoms with van der Waals surface area (Å²) in [6, 6.07) is 18.2. The maximum atomic E-state index is 13.5. The summed E-state index contributed by atoms with van der Waals surface area (Å²) in [5, 5.41) is 5.04. The number of nitrogens with zero attached hydrogens (tertiary/aromatic N) is 3. The average molecular weight is 588 g/mol. The van der Waals surface area contributed by atoms with Crippen molar-refractivity contribution in [1.29, 1.82) is 0 Å². The van der Waals surface area contributed by atoms with Crippen LogP contribution in [0.15, 0.2) is 82.8 Å². The molecule has 4 aromatic rings. The summed E-state index contributed by atoms with van der Waals surface area (Å²) >= 11 is 12.3. The molecule has 1 N–H and O–H groups in total. The SMILES string of the molecule is Cc1ccc(S(=O)(=O)N(CC(=O)N/N=C\c2cc(C)n(-c3cc(Cl)cc(Cl)c3)c2C)c2ccc(F)cc2)cc1. The Balaban J connectivity index is 1.56. The van der Waals surface area contributed by atoms with Gasteiger partial charge < -0.3 is 4.57 Å². The third-order valence-corrected chi connectivity index (χ3v) is 8.20.